The van der Waals surface area contributed by atoms with Gasteiger partial charge in [-0.15, -0.1) is 0 Å². The molecule has 2 saturated heterocycles. The molecule has 276 valence electrons. The van der Waals surface area contributed by atoms with Crippen molar-refractivity contribution in [2.24, 2.45) is 11.3 Å². The predicted molar refractivity (Wildman–Crippen MR) is 183 cm³/mol. The number of sulfonamides is 1. The number of hydrogen-bond acceptors (Lipinski definition) is 10. The number of benzene rings is 2. The van der Waals surface area contributed by atoms with Crippen LogP contribution in [0.5, 0.6) is 11.5 Å². The Morgan fingerprint density at radius 1 is 1.04 bits per heavy atom. The molecule has 5 rings (SSSR count). The fourth-order valence-corrected chi connectivity index (χ4v) is 8.08. The number of rotatable bonds is 15. The van der Waals surface area contributed by atoms with Gasteiger partial charge in [0.1, 0.15) is 19.3 Å². The summed E-state index contributed by atoms with van der Waals surface area (Å²) in [5, 5.41) is 17.5. The van der Waals surface area contributed by atoms with E-state index in [1.807, 2.05) is 44.2 Å². The Hall–Kier alpha value is -3.63. The molecule has 2 fully saturated rings. The summed E-state index contributed by atoms with van der Waals surface area (Å²) in [6, 6.07) is 12.7. The van der Waals surface area contributed by atoms with Crippen LogP contribution in [0.4, 0.5) is 9.59 Å². The van der Waals surface area contributed by atoms with E-state index in [1.54, 1.807) is 20.2 Å². The summed E-state index contributed by atoms with van der Waals surface area (Å²) in [6.45, 7) is 5.44. The maximum Gasteiger partial charge on any atom is 0.407 e. The third kappa shape index (κ3) is 9.78. The van der Waals surface area contributed by atoms with Gasteiger partial charge in [0.2, 0.25) is 10.0 Å². The zero-order valence-corrected chi connectivity index (χ0v) is 30.0. The van der Waals surface area contributed by atoms with Crippen LogP contribution >= 0.6 is 0 Å². The van der Waals surface area contributed by atoms with Crippen LogP contribution in [0.25, 0.3) is 0 Å². The minimum Gasteiger partial charge on any atom is -0.486 e. The lowest BCUT2D eigenvalue weighted by Gasteiger charge is -2.35. The van der Waals surface area contributed by atoms with Gasteiger partial charge in [0, 0.05) is 39.8 Å². The zero-order chi connectivity index (χ0) is 35.9. The molecule has 0 bridgehead atoms. The van der Waals surface area contributed by atoms with Crippen molar-refractivity contribution in [3.8, 4) is 11.5 Å². The van der Waals surface area contributed by atoms with Crippen molar-refractivity contribution in [1.29, 1.82) is 0 Å². The second kappa shape index (κ2) is 16.6. The molecule has 3 amide bonds. The highest BCUT2D eigenvalue weighted by Gasteiger charge is 2.44. The van der Waals surface area contributed by atoms with Crippen molar-refractivity contribution in [3.05, 3.63) is 54.1 Å². The maximum absolute atomic E-state index is 14.4. The standard InChI is InChI=1S/C35H50N4O10S/c1-35(2,14-8-15-36-33(41)38(3)4)23-39(50(43,44)25-11-12-29-30(20-25)46-18-17-45-29)21-28(40)27(19-24-9-6-5-7-10-24)37-34(42)49-31-22-48-32-26(31)13-16-47-32/h5-7,9-12,20,26-28,31-32,40H,8,13-19,21-23H2,1-4H3,(H,36,41)(H,37,42)/t26-,27-,28-,31-,32+/m0/s1. The highest BCUT2D eigenvalue weighted by atomic mass is 32.2. The first-order valence-corrected chi connectivity index (χ1v) is 18.5. The fraction of sp³-hybridized carbons (Fsp3) is 0.600. The van der Waals surface area contributed by atoms with Crippen molar-refractivity contribution in [3.63, 3.8) is 0 Å². The van der Waals surface area contributed by atoms with Gasteiger partial charge >= 0.3 is 12.1 Å². The summed E-state index contributed by atoms with van der Waals surface area (Å²) in [7, 11) is -0.873. The number of fused-ring (bicyclic) bond motifs is 2. The van der Waals surface area contributed by atoms with Crippen molar-refractivity contribution in [2.45, 2.75) is 69.0 Å². The number of urea groups is 1. The van der Waals surface area contributed by atoms with Crippen molar-refractivity contribution in [1.82, 2.24) is 19.8 Å². The number of carbonyl (C=O) groups excluding carboxylic acids is 2. The van der Waals surface area contributed by atoms with E-state index >= 15 is 0 Å². The highest BCUT2D eigenvalue weighted by molar-refractivity contribution is 7.89. The zero-order valence-electron chi connectivity index (χ0n) is 29.2. The molecule has 0 spiro atoms. The van der Waals surface area contributed by atoms with Gasteiger partial charge in [-0.3, -0.25) is 0 Å². The van der Waals surface area contributed by atoms with Gasteiger partial charge in [0.15, 0.2) is 17.8 Å². The van der Waals surface area contributed by atoms with E-state index in [0.29, 0.717) is 57.1 Å². The van der Waals surface area contributed by atoms with E-state index in [9.17, 15) is 23.1 Å². The molecule has 5 atom stereocenters. The Labute approximate surface area is 294 Å². The number of nitrogens with one attached hydrogen (secondary N) is 2. The molecule has 3 N–H and O–H groups in total. The molecular formula is C35H50N4O10S. The largest absolute Gasteiger partial charge is 0.486 e. The minimum absolute atomic E-state index is 0.00968. The lowest BCUT2D eigenvalue weighted by Crippen LogP contribution is -2.52. The SMILES string of the molecule is CN(C)C(=O)NCCCC(C)(C)CN(C[C@H](O)[C@H](Cc1ccccc1)NC(=O)O[C@H]1CO[C@H]2OCC[C@H]21)S(=O)(=O)c1ccc2c(c1)OCCO2. The molecule has 0 unspecified atom stereocenters. The van der Waals surface area contributed by atoms with Crippen LogP contribution in [0.2, 0.25) is 0 Å². The summed E-state index contributed by atoms with van der Waals surface area (Å²) in [5.41, 5.74) is 0.277. The number of hydrogen-bond donors (Lipinski definition) is 3. The molecule has 15 heteroatoms. The van der Waals surface area contributed by atoms with Gasteiger partial charge in [0.25, 0.3) is 0 Å². The van der Waals surface area contributed by atoms with Crippen LogP contribution in [-0.2, 0) is 30.7 Å². The Morgan fingerprint density at radius 3 is 2.52 bits per heavy atom. The number of nitrogens with zero attached hydrogens (tertiary/aromatic N) is 2. The quantitative estimate of drug-likeness (QED) is 0.233. The van der Waals surface area contributed by atoms with Crippen LogP contribution in [0.3, 0.4) is 0 Å². The molecule has 2 aromatic carbocycles. The molecule has 0 aromatic heterocycles. The molecule has 14 nitrogen and oxygen atoms in total. The van der Waals surface area contributed by atoms with Crippen molar-refractivity contribution in [2.75, 3.05) is 60.2 Å². The summed E-state index contributed by atoms with van der Waals surface area (Å²) in [6.07, 6.45) is -0.826. The predicted octanol–water partition coefficient (Wildman–Crippen LogP) is 2.99. The first kappa shape index (κ1) is 37.6. The number of alkyl carbamates (subject to hydrolysis) is 1. The smallest absolute Gasteiger partial charge is 0.407 e. The van der Waals surface area contributed by atoms with Gasteiger partial charge in [-0.1, -0.05) is 44.2 Å². The van der Waals surface area contributed by atoms with Crippen molar-refractivity contribution >= 4 is 22.1 Å². The third-order valence-corrected chi connectivity index (χ3v) is 11.0. The van der Waals surface area contributed by atoms with E-state index in [0.717, 1.165) is 5.56 Å². The van der Waals surface area contributed by atoms with Gasteiger partial charge in [-0.25, -0.2) is 18.0 Å². The molecule has 3 aliphatic rings. The third-order valence-electron chi connectivity index (χ3n) is 9.17. The Kier molecular flexibility index (Phi) is 12.5. The summed E-state index contributed by atoms with van der Waals surface area (Å²) in [5.74, 6) is 0.713. The van der Waals surface area contributed by atoms with E-state index in [-0.39, 0.29) is 43.0 Å². The van der Waals surface area contributed by atoms with E-state index < -0.39 is 46.1 Å². The molecule has 0 radical (unpaired) electrons. The summed E-state index contributed by atoms with van der Waals surface area (Å²) in [4.78, 5) is 26.7. The lowest BCUT2D eigenvalue weighted by atomic mass is 9.87. The van der Waals surface area contributed by atoms with Gasteiger partial charge in [-0.2, -0.15) is 4.31 Å². The van der Waals surface area contributed by atoms with Crippen LogP contribution in [0, 0.1) is 11.3 Å². The second-order valence-corrected chi connectivity index (χ2v) is 15.9. The number of amides is 3. The first-order valence-electron chi connectivity index (χ1n) is 17.1. The van der Waals surface area contributed by atoms with E-state index in [2.05, 4.69) is 10.6 Å². The van der Waals surface area contributed by atoms with Crippen LogP contribution in [0.1, 0.15) is 38.7 Å². The average molecular weight is 719 g/mol. The number of ether oxygens (including phenoxy) is 5. The molecule has 0 saturated carbocycles. The number of aliphatic hydroxyl groups is 1. The Morgan fingerprint density at radius 2 is 1.78 bits per heavy atom. The molecule has 0 aliphatic carbocycles. The van der Waals surface area contributed by atoms with Crippen LogP contribution in [0.15, 0.2) is 53.4 Å². The van der Waals surface area contributed by atoms with E-state index in [1.165, 1.54) is 21.3 Å². The fourth-order valence-electron chi connectivity index (χ4n) is 6.42. The Bertz CT molecular complexity index is 1560. The Balaban J connectivity index is 1.36. The maximum atomic E-state index is 14.4. The summed E-state index contributed by atoms with van der Waals surface area (Å²) >= 11 is 0. The normalized spacial score (nSPS) is 21.3. The van der Waals surface area contributed by atoms with Gasteiger partial charge < -0.3 is 44.3 Å². The topological polar surface area (TPSA) is 165 Å². The van der Waals surface area contributed by atoms with Crippen LogP contribution < -0.4 is 20.1 Å². The number of aliphatic hydroxyl groups excluding tert-OH is 1. The average Bonchev–Trinajstić information content (AvgIpc) is 3.71. The number of carbonyl (C=O) groups is 2. The molecule has 2 aromatic rings. The molecule has 50 heavy (non-hydrogen) atoms. The minimum atomic E-state index is -4.19. The monoisotopic (exact) mass is 718 g/mol. The molecule has 3 aliphatic heterocycles. The van der Waals surface area contributed by atoms with Crippen molar-refractivity contribution < 1.29 is 46.8 Å². The summed E-state index contributed by atoms with van der Waals surface area (Å²) < 4.78 is 58.2. The van der Waals surface area contributed by atoms with E-state index in [4.69, 9.17) is 23.7 Å². The highest BCUT2D eigenvalue weighted by Crippen LogP contribution is 2.35. The first-order chi connectivity index (χ1) is 23.8. The molecule has 3 heterocycles. The molecular weight excluding hydrogens is 668 g/mol. The van der Waals surface area contributed by atoms with Gasteiger partial charge in [-0.05, 0) is 48.8 Å². The van der Waals surface area contributed by atoms with Gasteiger partial charge in [0.05, 0.1) is 36.2 Å². The lowest BCUT2D eigenvalue weighted by molar-refractivity contribution is -0.0907. The van der Waals surface area contributed by atoms with Crippen LogP contribution in [-0.4, -0.2) is 120 Å². The second-order valence-electron chi connectivity index (χ2n) is 14.0.